The zero-order chi connectivity index (χ0) is 11.5. The predicted molar refractivity (Wildman–Crippen MR) is 61.9 cm³/mol. The molecule has 2 rings (SSSR count). The summed E-state index contributed by atoms with van der Waals surface area (Å²) < 4.78 is 10.6. The first-order valence-electron chi connectivity index (χ1n) is 4.98. The smallest absolute Gasteiger partial charge is 0.132 e. The van der Waals surface area contributed by atoms with Crippen molar-refractivity contribution in [3.63, 3.8) is 0 Å². The first-order chi connectivity index (χ1) is 7.76. The zero-order valence-corrected chi connectivity index (χ0v) is 9.57. The van der Waals surface area contributed by atoms with E-state index in [0.717, 1.165) is 28.3 Å². The third kappa shape index (κ3) is 1.74. The lowest BCUT2D eigenvalue weighted by atomic mass is 10.0. The number of aromatic amines is 1. The Morgan fingerprint density at radius 1 is 1.19 bits per heavy atom. The van der Waals surface area contributed by atoms with Gasteiger partial charge in [-0.2, -0.15) is 5.10 Å². The maximum atomic E-state index is 5.36. The molecule has 2 aromatic rings. The Labute approximate surface area is 94.2 Å². The first-order valence-corrected chi connectivity index (χ1v) is 4.98. The number of ether oxygens (including phenoxy) is 2. The number of hydrogen-bond donors (Lipinski definition) is 1. The molecule has 0 atom stereocenters. The number of hydrogen-bond acceptors (Lipinski definition) is 3. The van der Waals surface area contributed by atoms with E-state index in [2.05, 4.69) is 10.2 Å². The van der Waals surface area contributed by atoms with Crippen LogP contribution in [0.4, 0.5) is 0 Å². The summed E-state index contributed by atoms with van der Waals surface area (Å²) in [6.07, 6.45) is 1.72. The lowest BCUT2D eigenvalue weighted by molar-refractivity contribution is 0.395. The SMILES string of the molecule is COc1cc(C)c(-c2ccn[nH]2)c(OC)c1. The highest BCUT2D eigenvalue weighted by atomic mass is 16.5. The lowest BCUT2D eigenvalue weighted by Crippen LogP contribution is -1.94. The van der Waals surface area contributed by atoms with Crippen molar-refractivity contribution in [3.05, 3.63) is 30.0 Å². The van der Waals surface area contributed by atoms with E-state index in [1.807, 2.05) is 25.1 Å². The monoisotopic (exact) mass is 218 g/mol. The largest absolute Gasteiger partial charge is 0.497 e. The number of nitrogens with zero attached hydrogens (tertiary/aromatic N) is 1. The van der Waals surface area contributed by atoms with E-state index in [0.29, 0.717) is 0 Å². The van der Waals surface area contributed by atoms with E-state index in [1.165, 1.54) is 0 Å². The van der Waals surface area contributed by atoms with Gasteiger partial charge in [0.1, 0.15) is 11.5 Å². The van der Waals surface area contributed by atoms with Crippen LogP contribution in [0.5, 0.6) is 11.5 Å². The van der Waals surface area contributed by atoms with E-state index in [1.54, 1.807) is 20.4 Å². The van der Waals surface area contributed by atoms with Crippen LogP contribution in [0.3, 0.4) is 0 Å². The van der Waals surface area contributed by atoms with Gasteiger partial charge in [0, 0.05) is 17.8 Å². The third-order valence-corrected chi connectivity index (χ3v) is 2.50. The molecular weight excluding hydrogens is 204 g/mol. The molecule has 0 radical (unpaired) electrons. The van der Waals surface area contributed by atoms with Crippen LogP contribution in [0.25, 0.3) is 11.3 Å². The van der Waals surface area contributed by atoms with Gasteiger partial charge in [0.15, 0.2) is 0 Å². The summed E-state index contributed by atoms with van der Waals surface area (Å²) >= 11 is 0. The van der Waals surface area contributed by atoms with E-state index in [-0.39, 0.29) is 0 Å². The first kappa shape index (κ1) is 10.5. The summed E-state index contributed by atoms with van der Waals surface area (Å²) in [5.74, 6) is 1.57. The van der Waals surface area contributed by atoms with Gasteiger partial charge in [0.25, 0.3) is 0 Å². The number of aryl methyl sites for hydroxylation is 1. The molecule has 0 amide bonds. The lowest BCUT2D eigenvalue weighted by Gasteiger charge is -2.12. The van der Waals surface area contributed by atoms with Crippen molar-refractivity contribution >= 4 is 0 Å². The zero-order valence-electron chi connectivity index (χ0n) is 9.57. The molecule has 0 aliphatic carbocycles. The molecule has 1 N–H and O–H groups in total. The van der Waals surface area contributed by atoms with Crippen LogP contribution >= 0.6 is 0 Å². The summed E-state index contributed by atoms with van der Waals surface area (Å²) in [6.45, 7) is 2.02. The van der Waals surface area contributed by atoms with Gasteiger partial charge < -0.3 is 9.47 Å². The molecule has 0 saturated carbocycles. The molecule has 1 aromatic carbocycles. The predicted octanol–water partition coefficient (Wildman–Crippen LogP) is 2.40. The Balaban J connectivity index is 2.60. The van der Waals surface area contributed by atoms with Gasteiger partial charge in [-0.05, 0) is 24.6 Å². The van der Waals surface area contributed by atoms with E-state index < -0.39 is 0 Å². The highest BCUT2D eigenvalue weighted by Crippen LogP contribution is 2.35. The van der Waals surface area contributed by atoms with Gasteiger partial charge in [0.05, 0.1) is 19.9 Å². The Morgan fingerprint density at radius 2 is 2.00 bits per heavy atom. The second kappa shape index (κ2) is 4.26. The second-order valence-electron chi connectivity index (χ2n) is 3.49. The van der Waals surface area contributed by atoms with Gasteiger partial charge >= 0.3 is 0 Å². The van der Waals surface area contributed by atoms with Crippen LogP contribution in [-0.4, -0.2) is 24.4 Å². The average Bonchev–Trinajstić information content (AvgIpc) is 2.81. The Hall–Kier alpha value is -1.97. The number of H-pyrrole nitrogens is 1. The minimum absolute atomic E-state index is 0.779. The summed E-state index contributed by atoms with van der Waals surface area (Å²) in [4.78, 5) is 0. The molecule has 0 spiro atoms. The van der Waals surface area contributed by atoms with Gasteiger partial charge in [-0.15, -0.1) is 0 Å². The van der Waals surface area contributed by atoms with Gasteiger partial charge in [-0.25, -0.2) is 0 Å². The fourth-order valence-corrected chi connectivity index (χ4v) is 1.74. The summed E-state index contributed by atoms with van der Waals surface area (Å²) in [6, 6.07) is 5.75. The van der Waals surface area contributed by atoms with Crippen LogP contribution < -0.4 is 9.47 Å². The van der Waals surface area contributed by atoms with Crippen LogP contribution in [-0.2, 0) is 0 Å². The number of benzene rings is 1. The second-order valence-corrected chi connectivity index (χ2v) is 3.49. The molecular formula is C12H14N2O2. The topological polar surface area (TPSA) is 47.1 Å². The maximum absolute atomic E-state index is 5.36. The molecule has 0 saturated heterocycles. The van der Waals surface area contributed by atoms with Crippen molar-refractivity contribution in [2.24, 2.45) is 0 Å². The molecule has 1 heterocycles. The van der Waals surface area contributed by atoms with E-state index >= 15 is 0 Å². The molecule has 0 fully saturated rings. The Kier molecular flexibility index (Phi) is 2.81. The quantitative estimate of drug-likeness (QED) is 0.860. The third-order valence-electron chi connectivity index (χ3n) is 2.50. The number of nitrogens with one attached hydrogen (secondary N) is 1. The van der Waals surface area contributed by atoms with Crippen molar-refractivity contribution in [2.75, 3.05) is 14.2 Å². The molecule has 4 heteroatoms. The maximum Gasteiger partial charge on any atom is 0.132 e. The molecule has 0 aliphatic rings. The number of aromatic nitrogens is 2. The highest BCUT2D eigenvalue weighted by molar-refractivity contribution is 5.72. The standard InChI is InChI=1S/C12H14N2O2/c1-8-6-9(15-2)7-11(16-3)12(8)10-4-5-13-14-10/h4-7H,1-3H3,(H,13,14). The van der Waals surface area contributed by atoms with E-state index in [9.17, 15) is 0 Å². The molecule has 0 aliphatic heterocycles. The molecule has 16 heavy (non-hydrogen) atoms. The van der Waals surface area contributed by atoms with Crippen LogP contribution in [0.2, 0.25) is 0 Å². The van der Waals surface area contributed by atoms with Gasteiger partial charge in [-0.3, -0.25) is 5.10 Å². The molecule has 1 aromatic heterocycles. The Morgan fingerprint density at radius 3 is 2.56 bits per heavy atom. The van der Waals surface area contributed by atoms with Gasteiger partial charge in [-0.1, -0.05) is 0 Å². The Bertz CT molecular complexity index is 478. The number of rotatable bonds is 3. The van der Waals surface area contributed by atoms with Gasteiger partial charge in [0.2, 0.25) is 0 Å². The van der Waals surface area contributed by atoms with Crippen LogP contribution in [0, 0.1) is 6.92 Å². The van der Waals surface area contributed by atoms with E-state index in [4.69, 9.17) is 9.47 Å². The molecule has 84 valence electrons. The molecule has 4 nitrogen and oxygen atoms in total. The normalized spacial score (nSPS) is 10.2. The minimum atomic E-state index is 0.779. The average molecular weight is 218 g/mol. The summed E-state index contributed by atoms with van der Waals surface area (Å²) in [7, 11) is 3.29. The highest BCUT2D eigenvalue weighted by Gasteiger charge is 2.12. The van der Waals surface area contributed by atoms with Crippen LogP contribution in [0.1, 0.15) is 5.56 Å². The van der Waals surface area contributed by atoms with Crippen molar-refractivity contribution in [2.45, 2.75) is 6.92 Å². The summed E-state index contributed by atoms with van der Waals surface area (Å²) in [5.41, 5.74) is 3.04. The molecule has 0 bridgehead atoms. The number of methoxy groups -OCH3 is 2. The molecule has 0 unspecified atom stereocenters. The fourth-order valence-electron chi connectivity index (χ4n) is 1.74. The summed E-state index contributed by atoms with van der Waals surface area (Å²) in [5, 5.41) is 6.88. The fraction of sp³-hybridized carbons (Fsp3) is 0.250. The van der Waals surface area contributed by atoms with Crippen molar-refractivity contribution in [1.82, 2.24) is 10.2 Å². The van der Waals surface area contributed by atoms with Crippen molar-refractivity contribution in [1.29, 1.82) is 0 Å². The van der Waals surface area contributed by atoms with Crippen LogP contribution in [0.15, 0.2) is 24.4 Å². The van der Waals surface area contributed by atoms with Crippen molar-refractivity contribution < 1.29 is 9.47 Å². The minimum Gasteiger partial charge on any atom is -0.497 e. The van der Waals surface area contributed by atoms with Crippen molar-refractivity contribution in [3.8, 4) is 22.8 Å².